The summed E-state index contributed by atoms with van der Waals surface area (Å²) < 4.78 is 0. The molecule has 0 fully saturated rings. The molecule has 0 saturated heterocycles. The third-order valence-electron chi connectivity index (χ3n) is 2.72. The Morgan fingerprint density at radius 1 is 1.32 bits per heavy atom. The summed E-state index contributed by atoms with van der Waals surface area (Å²) in [6, 6.07) is 8.26. The van der Waals surface area contributed by atoms with Crippen LogP contribution in [-0.2, 0) is 6.42 Å². The molecule has 0 bridgehead atoms. The number of aromatic hydroxyl groups is 2. The van der Waals surface area contributed by atoms with Gasteiger partial charge in [0, 0.05) is 17.3 Å². The molecule has 0 aliphatic rings. The van der Waals surface area contributed by atoms with Gasteiger partial charge in [0.2, 0.25) is 0 Å². The van der Waals surface area contributed by atoms with Gasteiger partial charge in [0.05, 0.1) is 5.56 Å². The third-order valence-corrected chi connectivity index (χ3v) is 3.62. The maximum absolute atomic E-state index is 12.0. The molecule has 0 radical (unpaired) electrons. The van der Waals surface area contributed by atoms with Crippen molar-refractivity contribution in [2.45, 2.75) is 19.4 Å². The van der Waals surface area contributed by atoms with E-state index in [9.17, 15) is 15.0 Å². The van der Waals surface area contributed by atoms with Gasteiger partial charge in [-0.2, -0.15) is 0 Å². The average molecular weight is 277 g/mol. The molecule has 100 valence electrons. The summed E-state index contributed by atoms with van der Waals surface area (Å²) in [5.41, 5.74) is 0.0815. The molecule has 2 aromatic rings. The number of hydrogen-bond acceptors (Lipinski definition) is 4. The number of carbonyl (C=O) groups excluding carboxylic acids is 1. The zero-order chi connectivity index (χ0) is 13.8. The molecule has 1 atom stereocenters. The van der Waals surface area contributed by atoms with Gasteiger partial charge >= 0.3 is 0 Å². The van der Waals surface area contributed by atoms with Gasteiger partial charge in [-0.1, -0.05) is 12.1 Å². The topological polar surface area (TPSA) is 69.6 Å². The van der Waals surface area contributed by atoms with E-state index < -0.39 is 5.91 Å². The fourth-order valence-corrected chi connectivity index (χ4v) is 2.63. The highest BCUT2D eigenvalue weighted by Crippen LogP contribution is 2.28. The van der Waals surface area contributed by atoms with Gasteiger partial charge in [-0.3, -0.25) is 4.79 Å². The molecule has 1 heterocycles. The van der Waals surface area contributed by atoms with E-state index in [-0.39, 0.29) is 23.1 Å². The van der Waals surface area contributed by atoms with E-state index in [1.54, 1.807) is 11.3 Å². The number of rotatable bonds is 4. The molecule has 4 nitrogen and oxygen atoms in total. The second-order valence-corrected chi connectivity index (χ2v) is 5.36. The number of thiophene rings is 1. The highest BCUT2D eigenvalue weighted by atomic mass is 32.1. The molecular formula is C14H15NO3S. The monoisotopic (exact) mass is 277 g/mol. The maximum atomic E-state index is 12.0. The quantitative estimate of drug-likeness (QED) is 0.752. The van der Waals surface area contributed by atoms with Crippen LogP contribution in [0.5, 0.6) is 11.5 Å². The van der Waals surface area contributed by atoms with E-state index in [0.29, 0.717) is 0 Å². The van der Waals surface area contributed by atoms with Crippen molar-refractivity contribution in [1.82, 2.24) is 5.32 Å². The molecule has 1 unspecified atom stereocenters. The molecule has 0 spiro atoms. The normalized spacial score (nSPS) is 12.1. The van der Waals surface area contributed by atoms with Crippen LogP contribution in [0.3, 0.4) is 0 Å². The number of para-hydroxylation sites is 1. The Morgan fingerprint density at radius 3 is 2.79 bits per heavy atom. The van der Waals surface area contributed by atoms with Crippen molar-refractivity contribution >= 4 is 17.2 Å². The van der Waals surface area contributed by atoms with Crippen LogP contribution in [0.25, 0.3) is 0 Å². The Kier molecular flexibility index (Phi) is 4.06. The number of phenolic OH excluding ortho intramolecular Hbond substituents is 2. The van der Waals surface area contributed by atoms with Crippen molar-refractivity contribution in [3.8, 4) is 11.5 Å². The van der Waals surface area contributed by atoms with E-state index in [0.717, 1.165) is 6.42 Å². The summed E-state index contributed by atoms with van der Waals surface area (Å²) in [4.78, 5) is 13.2. The van der Waals surface area contributed by atoms with Crippen molar-refractivity contribution in [1.29, 1.82) is 0 Å². The highest BCUT2D eigenvalue weighted by molar-refractivity contribution is 7.09. The Hall–Kier alpha value is -2.01. The summed E-state index contributed by atoms with van der Waals surface area (Å²) in [6.45, 7) is 1.90. The number of benzene rings is 1. The smallest absolute Gasteiger partial charge is 0.255 e. The fraction of sp³-hybridized carbons (Fsp3) is 0.214. The molecule has 3 N–H and O–H groups in total. The lowest BCUT2D eigenvalue weighted by Crippen LogP contribution is -2.33. The molecule has 1 aromatic heterocycles. The summed E-state index contributed by atoms with van der Waals surface area (Å²) in [5, 5.41) is 23.8. The largest absolute Gasteiger partial charge is 0.504 e. The van der Waals surface area contributed by atoms with E-state index in [1.165, 1.54) is 23.1 Å². The SMILES string of the molecule is CC(Cc1cccs1)NC(=O)c1cccc(O)c1O. The van der Waals surface area contributed by atoms with E-state index in [2.05, 4.69) is 5.32 Å². The van der Waals surface area contributed by atoms with Gasteiger partial charge in [0.15, 0.2) is 11.5 Å². The van der Waals surface area contributed by atoms with Crippen LogP contribution in [0.2, 0.25) is 0 Å². The van der Waals surface area contributed by atoms with Crippen LogP contribution in [0.1, 0.15) is 22.2 Å². The zero-order valence-electron chi connectivity index (χ0n) is 10.5. The predicted molar refractivity (Wildman–Crippen MR) is 74.7 cm³/mol. The average Bonchev–Trinajstić information content (AvgIpc) is 2.85. The molecule has 0 saturated carbocycles. The van der Waals surface area contributed by atoms with Crippen molar-refractivity contribution in [3.63, 3.8) is 0 Å². The van der Waals surface area contributed by atoms with Crippen LogP contribution in [0, 0.1) is 0 Å². The third kappa shape index (κ3) is 3.26. The molecule has 2 rings (SSSR count). The van der Waals surface area contributed by atoms with Crippen molar-refractivity contribution in [2.24, 2.45) is 0 Å². The lowest BCUT2D eigenvalue weighted by atomic mass is 10.1. The molecular weight excluding hydrogens is 262 g/mol. The van der Waals surface area contributed by atoms with E-state index >= 15 is 0 Å². The molecule has 19 heavy (non-hydrogen) atoms. The summed E-state index contributed by atoms with van der Waals surface area (Å²) in [7, 11) is 0. The lowest BCUT2D eigenvalue weighted by Gasteiger charge is -2.13. The standard InChI is InChI=1S/C14H15NO3S/c1-9(8-10-4-3-7-19-10)15-14(18)11-5-2-6-12(16)13(11)17/h2-7,9,16-17H,8H2,1H3,(H,15,18). The van der Waals surface area contributed by atoms with Gasteiger partial charge in [-0.25, -0.2) is 0 Å². The van der Waals surface area contributed by atoms with Crippen LogP contribution < -0.4 is 5.32 Å². The first-order valence-corrected chi connectivity index (χ1v) is 6.80. The first-order chi connectivity index (χ1) is 9.08. The van der Waals surface area contributed by atoms with Crippen molar-refractivity contribution in [3.05, 3.63) is 46.2 Å². The maximum Gasteiger partial charge on any atom is 0.255 e. The van der Waals surface area contributed by atoms with Gasteiger partial charge in [-0.15, -0.1) is 11.3 Å². The van der Waals surface area contributed by atoms with Crippen LogP contribution in [-0.4, -0.2) is 22.2 Å². The molecule has 0 aliphatic carbocycles. The van der Waals surface area contributed by atoms with Crippen LogP contribution >= 0.6 is 11.3 Å². The Morgan fingerprint density at radius 2 is 2.11 bits per heavy atom. The first kappa shape index (κ1) is 13.4. The van der Waals surface area contributed by atoms with Gasteiger partial charge in [0.1, 0.15) is 0 Å². The number of hydrogen-bond donors (Lipinski definition) is 3. The molecule has 1 aromatic carbocycles. The highest BCUT2D eigenvalue weighted by Gasteiger charge is 2.16. The van der Waals surface area contributed by atoms with E-state index in [1.807, 2.05) is 24.4 Å². The second kappa shape index (κ2) is 5.75. The van der Waals surface area contributed by atoms with Gasteiger partial charge in [0.25, 0.3) is 5.91 Å². The summed E-state index contributed by atoms with van der Waals surface area (Å²) in [5.74, 6) is -1.07. The number of amides is 1. The van der Waals surface area contributed by atoms with Crippen LogP contribution in [0.4, 0.5) is 0 Å². The first-order valence-electron chi connectivity index (χ1n) is 5.92. The number of nitrogens with one attached hydrogen (secondary N) is 1. The summed E-state index contributed by atoms with van der Waals surface area (Å²) >= 11 is 1.64. The Labute approximate surface area is 115 Å². The minimum absolute atomic E-state index is 0.0482. The number of carbonyl (C=O) groups is 1. The Bertz CT molecular complexity index is 566. The van der Waals surface area contributed by atoms with Gasteiger partial charge < -0.3 is 15.5 Å². The molecule has 0 aliphatic heterocycles. The molecule has 5 heteroatoms. The molecule has 1 amide bonds. The van der Waals surface area contributed by atoms with Crippen molar-refractivity contribution in [2.75, 3.05) is 0 Å². The number of phenols is 2. The Balaban J connectivity index is 2.02. The minimum atomic E-state index is -0.391. The van der Waals surface area contributed by atoms with Crippen LogP contribution in [0.15, 0.2) is 35.7 Å². The predicted octanol–water partition coefficient (Wildman–Crippen LogP) is 2.52. The fourth-order valence-electron chi connectivity index (χ4n) is 1.80. The van der Waals surface area contributed by atoms with Gasteiger partial charge in [-0.05, 0) is 30.5 Å². The summed E-state index contributed by atoms with van der Waals surface area (Å²) in [6.07, 6.45) is 0.739. The lowest BCUT2D eigenvalue weighted by molar-refractivity contribution is 0.0937. The van der Waals surface area contributed by atoms with Crippen molar-refractivity contribution < 1.29 is 15.0 Å². The minimum Gasteiger partial charge on any atom is -0.504 e. The second-order valence-electron chi connectivity index (χ2n) is 4.33. The van der Waals surface area contributed by atoms with E-state index in [4.69, 9.17) is 0 Å². The zero-order valence-corrected chi connectivity index (χ0v) is 11.3.